The van der Waals surface area contributed by atoms with Crippen molar-refractivity contribution >= 4 is 5.78 Å². The molecule has 1 fully saturated rings. The van der Waals surface area contributed by atoms with E-state index in [2.05, 4.69) is 38.0 Å². The van der Waals surface area contributed by atoms with E-state index in [1.165, 1.54) is 17.6 Å². The predicted octanol–water partition coefficient (Wildman–Crippen LogP) is 4.32. The number of hydrogen-bond donors (Lipinski definition) is 0. The van der Waals surface area contributed by atoms with Gasteiger partial charge in [-0.15, -0.1) is 6.42 Å². The summed E-state index contributed by atoms with van der Waals surface area (Å²) in [4.78, 5) is 11.8. The molecule has 0 amide bonds. The number of terminal acetylenes is 1. The summed E-state index contributed by atoms with van der Waals surface area (Å²) in [7, 11) is 0. The molecule has 0 spiro atoms. The summed E-state index contributed by atoms with van der Waals surface area (Å²) in [6.45, 7) is 4.77. The average Bonchev–Trinajstić information content (AvgIpc) is 2.94. The first kappa shape index (κ1) is 14.1. The Balaban J connectivity index is 1.75. The maximum atomic E-state index is 11.8. The molecule has 4 aliphatic rings. The van der Waals surface area contributed by atoms with Crippen LogP contribution in [0, 0.1) is 47.3 Å². The molecule has 4 unspecified atom stereocenters. The van der Waals surface area contributed by atoms with Crippen LogP contribution in [0.25, 0.3) is 0 Å². The monoisotopic (exact) mass is 292 g/mol. The van der Waals surface area contributed by atoms with Crippen LogP contribution in [-0.2, 0) is 4.79 Å². The van der Waals surface area contributed by atoms with Gasteiger partial charge in [-0.2, -0.15) is 0 Å². The minimum atomic E-state index is 0.186. The molecule has 22 heavy (non-hydrogen) atoms. The molecule has 0 bridgehead atoms. The van der Waals surface area contributed by atoms with Crippen LogP contribution in [-0.4, -0.2) is 5.78 Å². The first-order valence-corrected chi connectivity index (χ1v) is 8.64. The van der Waals surface area contributed by atoms with Crippen molar-refractivity contribution < 1.29 is 4.79 Å². The number of fused-ring (bicyclic) bond motifs is 5. The van der Waals surface area contributed by atoms with Gasteiger partial charge >= 0.3 is 0 Å². The highest BCUT2D eigenvalue weighted by Crippen LogP contribution is 2.60. The quantitative estimate of drug-likeness (QED) is 0.608. The second-order valence-electron chi connectivity index (χ2n) is 7.97. The Morgan fingerprint density at radius 1 is 1.41 bits per heavy atom. The highest BCUT2D eigenvalue weighted by molar-refractivity contribution is 5.92. The molecule has 114 valence electrons. The molecule has 0 saturated heterocycles. The van der Waals surface area contributed by atoms with Crippen molar-refractivity contribution in [2.75, 3.05) is 0 Å². The first-order chi connectivity index (χ1) is 10.5. The third kappa shape index (κ3) is 1.76. The topological polar surface area (TPSA) is 17.1 Å². The first-order valence-electron chi connectivity index (χ1n) is 8.64. The molecule has 4 aliphatic carbocycles. The van der Waals surface area contributed by atoms with Crippen molar-refractivity contribution in [2.24, 2.45) is 35.0 Å². The van der Waals surface area contributed by atoms with Crippen molar-refractivity contribution in [1.29, 1.82) is 0 Å². The maximum Gasteiger partial charge on any atom is 0.156 e. The van der Waals surface area contributed by atoms with E-state index in [0.717, 1.165) is 12.8 Å². The SMILES string of the molecule is C#CC1=CCC2C3C=CC4=CC(=O)CC[C@]4(C)C3C[C@@H](C)C12. The van der Waals surface area contributed by atoms with Gasteiger partial charge in [-0.3, -0.25) is 4.79 Å². The minimum Gasteiger partial charge on any atom is -0.295 e. The van der Waals surface area contributed by atoms with Crippen molar-refractivity contribution in [1.82, 2.24) is 0 Å². The molecule has 6 atom stereocenters. The van der Waals surface area contributed by atoms with Crippen LogP contribution in [0.5, 0.6) is 0 Å². The van der Waals surface area contributed by atoms with Crippen LogP contribution >= 0.6 is 0 Å². The van der Waals surface area contributed by atoms with Gasteiger partial charge in [0.2, 0.25) is 0 Å². The molecule has 0 aromatic carbocycles. The Hall–Kier alpha value is -1.55. The van der Waals surface area contributed by atoms with Gasteiger partial charge in [0.05, 0.1) is 0 Å². The number of allylic oxidation sites excluding steroid dienone is 6. The van der Waals surface area contributed by atoms with Crippen LogP contribution in [0.2, 0.25) is 0 Å². The molecule has 0 radical (unpaired) electrons. The van der Waals surface area contributed by atoms with Crippen LogP contribution in [0.4, 0.5) is 0 Å². The van der Waals surface area contributed by atoms with E-state index in [9.17, 15) is 4.79 Å². The molecule has 0 aromatic heterocycles. The fraction of sp³-hybridized carbons (Fsp3) is 0.571. The van der Waals surface area contributed by atoms with Gasteiger partial charge in [0.1, 0.15) is 0 Å². The van der Waals surface area contributed by atoms with Crippen LogP contribution in [0.1, 0.15) is 39.5 Å². The summed E-state index contributed by atoms with van der Waals surface area (Å²) in [5.74, 6) is 6.43. The van der Waals surface area contributed by atoms with Gasteiger partial charge in [-0.25, -0.2) is 0 Å². The average molecular weight is 292 g/mol. The van der Waals surface area contributed by atoms with E-state index in [-0.39, 0.29) is 5.41 Å². The van der Waals surface area contributed by atoms with Gasteiger partial charge in [-0.05, 0) is 65.9 Å². The van der Waals surface area contributed by atoms with Crippen LogP contribution < -0.4 is 0 Å². The summed E-state index contributed by atoms with van der Waals surface area (Å²) < 4.78 is 0. The van der Waals surface area contributed by atoms with E-state index in [4.69, 9.17) is 6.42 Å². The smallest absolute Gasteiger partial charge is 0.156 e. The number of carbonyl (C=O) groups is 1. The van der Waals surface area contributed by atoms with Gasteiger partial charge in [-0.1, -0.05) is 38.0 Å². The van der Waals surface area contributed by atoms with E-state index in [1.54, 1.807) is 0 Å². The Bertz CT molecular complexity index is 656. The summed E-state index contributed by atoms with van der Waals surface area (Å²) in [5, 5.41) is 0. The summed E-state index contributed by atoms with van der Waals surface area (Å²) in [6.07, 6.45) is 18.7. The molecule has 1 saturated carbocycles. The van der Waals surface area contributed by atoms with Crippen molar-refractivity contribution in [3.05, 3.63) is 35.5 Å². The molecule has 4 rings (SSSR count). The van der Waals surface area contributed by atoms with E-state index in [0.29, 0.717) is 41.8 Å². The van der Waals surface area contributed by atoms with Gasteiger partial charge < -0.3 is 0 Å². The molecule has 0 heterocycles. The minimum absolute atomic E-state index is 0.186. The summed E-state index contributed by atoms with van der Waals surface area (Å²) >= 11 is 0. The standard InChI is InChI=1S/C21H24O/c1-4-14-5-7-18-17-8-6-15-12-16(22)9-10-21(15,3)19(17)11-13(2)20(14)18/h1,5-6,8,12-13,17-20H,7,9-11H2,2-3H3/t13-,17?,18?,19?,20?,21+/m1/s1. The third-order valence-electron chi connectivity index (χ3n) is 6.98. The van der Waals surface area contributed by atoms with Gasteiger partial charge in [0, 0.05) is 12.0 Å². The zero-order chi connectivity index (χ0) is 15.5. The lowest BCUT2D eigenvalue weighted by Crippen LogP contribution is -2.47. The molecule has 1 heteroatoms. The summed E-state index contributed by atoms with van der Waals surface area (Å²) in [5.41, 5.74) is 2.71. The highest BCUT2D eigenvalue weighted by atomic mass is 16.1. The molecular formula is C21H24O. The molecule has 0 aromatic rings. The van der Waals surface area contributed by atoms with Gasteiger partial charge in [0.25, 0.3) is 0 Å². The van der Waals surface area contributed by atoms with E-state index in [1.807, 2.05) is 6.08 Å². The van der Waals surface area contributed by atoms with Crippen LogP contribution in [0.15, 0.2) is 35.5 Å². The lowest BCUT2D eigenvalue weighted by Gasteiger charge is -2.54. The highest BCUT2D eigenvalue weighted by Gasteiger charge is 2.53. The van der Waals surface area contributed by atoms with E-state index < -0.39 is 0 Å². The van der Waals surface area contributed by atoms with Crippen LogP contribution in [0.3, 0.4) is 0 Å². The number of carbonyl (C=O) groups excluding carboxylic acids is 1. The normalized spacial score (nSPS) is 46.0. The molecule has 0 aliphatic heterocycles. The second kappa shape index (κ2) is 4.72. The second-order valence-corrected chi connectivity index (χ2v) is 7.97. The van der Waals surface area contributed by atoms with E-state index >= 15 is 0 Å². The summed E-state index contributed by atoms with van der Waals surface area (Å²) in [6, 6.07) is 0. The largest absolute Gasteiger partial charge is 0.295 e. The molecule has 0 N–H and O–H groups in total. The third-order valence-corrected chi connectivity index (χ3v) is 6.98. The Kier molecular flexibility index (Phi) is 3.02. The van der Waals surface area contributed by atoms with Crippen molar-refractivity contribution in [3.8, 4) is 12.3 Å². The lowest BCUT2D eigenvalue weighted by molar-refractivity contribution is -0.116. The maximum absolute atomic E-state index is 11.8. The zero-order valence-corrected chi connectivity index (χ0v) is 13.5. The Morgan fingerprint density at radius 3 is 3.00 bits per heavy atom. The van der Waals surface area contributed by atoms with Crippen molar-refractivity contribution in [3.63, 3.8) is 0 Å². The lowest BCUT2D eigenvalue weighted by atomic mass is 9.50. The zero-order valence-electron chi connectivity index (χ0n) is 13.5. The van der Waals surface area contributed by atoms with Crippen molar-refractivity contribution in [2.45, 2.75) is 39.5 Å². The molecule has 1 nitrogen and oxygen atoms in total. The molecular weight excluding hydrogens is 268 g/mol. The fourth-order valence-corrected chi connectivity index (χ4v) is 5.81. The number of rotatable bonds is 0. The Morgan fingerprint density at radius 2 is 2.23 bits per heavy atom. The number of hydrogen-bond acceptors (Lipinski definition) is 1. The Labute approximate surface area is 133 Å². The fourth-order valence-electron chi connectivity index (χ4n) is 5.81. The number of ketones is 1. The predicted molar refractivity (Wildman–Crippen MR) is 88.8 cm³/mol. The van der Waals surface area contributed by atoms with Gasteiger partial charge in [0.15, 0.2) is 5.78 Å².